The van der Waals surface area contributed by atoms with Gasteiger partial charge in [-0.15, -0.1) is 0 Å². The van der Waals surface area contributed by atoms with Crippen molar-refractivity contribution in [2.45, 2.75) is 6.54 Å². The average molecular weight is 277 g/mol. The second-order valence-electron chi connectivity index (χ2n) is 3.96. The normalized spacial score (nSPS) is 9.65. The number of carbonyl (C=O) groups excluding carboxylic acids is 2. The molecule has 108 valence electrons. The number of benzene rings is 1. The molecule has 0 spiro atoms. The summed E-state index contributed by atoms with van der Waals surface area (Å²) in [6, 6.07) is 7.39. The van der Waals surface area contributed by atoms with Gasteiger partial charge in [0.25, 0.3) is 0 Å². The van der Waals surface area contributed by atoms with Gasteiger partial charge in [-0.05, 0) is 6.07 Å². The predicted octanol–water partition coefficient (Wildman–Crippen LogP) is -0.0575. The van der Waals surface area contributed by atoms with Crippen molar-refractivity contribution in [3.05, 3.63) is 42.5 Å². The molecule has 0 aromatic heterocycles. The lowest BCUT2D eigenvalue weighted by molar-refractivity contribution is -0.125. The molecule has 0 saturated carbocycles. The minimum atomic E-state index is -0.366. The van der Waals surface area contributed by atoms with Crippen LogP contribution in [0, 0.1) is 0 Å². The number of carbonyl (C=O) groups is 2. The van der Waals surface area contributed by atoms with Gasteiger partial charge in [0.1, 0.15) is 12.4 Å². The maximum Gasteiger partial charge on any atom is 0.239 e. The third-order valence-electron chi connectivity index (χ3n) is 2.44. The summed E-state index contributed by atoms with van der Waals surface area (Å²) in [7, 11) is 0. The van der Waals surface area contributed by atoms with Crippen LogP contribution in [0.4, 0.5) is 0 Å². The van der Waals surface area contributed by atoms with E-state index in [-0.39, 0.29) is 24.9 Å². The van der Waals surface area contributed by atoms with E-state index >= 15 is 0 Å². The molecule has 6 nitrogen and oxygen atoms in total. The Bertz CT molecular complexity index is 474. The fourth-order valence-electron chi connectivity index (χ4n) is 1.45. The van der Waals surface area contributed by atoms with Crippen molar-refractivity contribution in [2.24, 2.45) is 5.73 Å². The molecule has 4 N–H and O–H groups in total. The fourth-order valence-corrected chi connectivity index (χ4v) is 1.45. The number of rotatable bonds is 8. The van der Waals surface area contributed by atoms with Gasteiger partial charge in [0.15, 0.2) is 0 Å². The summed E-state index contributed by atoms with van der Waals surface area (Å²) in [5.74, 6) is 0.0406. The van der Waals surface area contributed by atoms with Crippen LogP contribution >= 0.6 is 0 Å². The third kappa shape index (κ3) is 5.53. The highest BCUT2D eigenvalue weighted by Crippen LogP contribution is 2.17. The molecule has 0 atom stereocenters. The minimum Gasteiger partial charge on any atom is -0.489 e. The molecule has 1 rings (SSSR count). The number of hydrogen-bond acceptors (Lipinski definition) is 4. The average Bonchev–Trinajstić information content (AvgIpc) is 2.49. The largest absolute Gasteiger partial charge is 0.489 e. The van der Waals surface area contributed by atoms with Gasteiger partial charge in [-0.1, -0.05) is 30.9 Å². The van der Waals surface area contributed by atoms with Gasteiger partial charge in [-0.3, -0.25) is 9.59 Å². The molecule has 0 aliphatic carbocycles. The summed E-state index contributed by atoms with van der Waals surface area (Å²) in [5, 5.41) is 5.09. The molecule has 0 radical (unpaired) electrons. The van der Waals surface area contributed by atoms with Crippen LogP contribution in [0.25, 0.3) is 0 Å². The molecular formula is C14H19N3O3. The molecule has 0 unspecified atom stereocenters. The molecule has 0 aliphatic heterocycles. The van der Waals surface area contributed by atoms with E-state index in [0.29, 0.717) is 18.9 Å². The van der Waals surface area contributed by atoms with Crippen molar-refractivity contribution in [3.8, 4) is 5.75 Å². The summed E-state index contributed by atoms with van der Waals surface area (Å²) in [4.78, 5) is 22.5. The Labute approximate surface area is 118 Å². The Kier molecular flexibility index (Phi) is 6.84. The smallest absolute Gasteiger partial charge is 0.239 e. The van der Waals surface area contributed by atoms with Gasteiger partial charge < -0.3 is 21.1 Å². The van der Waals surface area contributed by atoms with Crippen molar-refractivity contribution in [1.29, 1.82) is 0 Å². The van der Waals surface area contributed by atoms with Crippen LogP contribution in [0.15, 0.2) is 36.9 Å². The second kappa shape index (κ2) is 8.71. The Hall–Kier alpha value is -2.34. The SMILES string of the molecule is C=CCOc1ccccc1CNC(=O)CNC(=O)CN. The first-order chi connectivity index (χ1) is 9.67. The van der Waals surface area contributed by atoms with Crippen LogP contribution in [0.5, 0.6) is 5.75 Å². The number of nitrogens with two attached hydrogens (primary N) is 1. The summed E-state index contributed by atoms with van der Waals surface area (Å²) in [6.45, 7) is 4.08. The lowest BCUT2D eigenvalue weighted by Crippen LogP contribution is -2.39. The van der Waals surface area contributed by atoms with Crippen LogP contribution in [0.1, 0.15) is 5.56 Å². The van der Waals surface area contributed by atoms with Crippen LogP contribution < -0.4 is 21.1 Å². The predicted molar refractivity (Wildman–Crippen MR) is 76.0 cm³/mol. The van der Waals surface area contributed by atoms with E-state index in [4.69, 9.17) is 10.5 Å². The van der Waals surface area contributed by atoms with E-state index in [1.807, 2.05) is 24.3 Å². The Morgan fingerprint density at radius 1 is 1.25 bits per heavy atom. The van der Waals surface area contributed by atoms with Gasteiger partial charge in [0.2, 0.25) is 11.8 Å². The molecular weight excluding hydrogens is 258 g/mol. The van der Waals surface area contributed by atoms with Crippen molar-refractivity contribution in [3.63, 3.8) is 0 Å². The summed E-state index contributed by atoms with van der Waals surface area (Å²) >= 11 is 0. The van der Waals surface area contributed by atoms with Crippen LogP contribution in [-0.2, 0) is 16.1 Å². The molecule has 1 aromatic rings. The zero-order chi connectivity index (χ0) is 14.8. The zero-order valence-electron chi connectivity index (χ0n) is 11.2. The standard InChI is InChI=1S/C14H19N3O3/c1-2-7-20-12-6-4-3-5-11(12)9-16-14(19)10-17-13(18)8-15/h2-6H,1,7-10,15H2,(H,16,19)(H,17,18). The molecule has 0 heterocycles. The monoisotopic (exact) mass is 277 g/mol. The van der Waals surface area contributed by atoms with Crippen molar-refractivity contribution >= 4 is 11.8 Å². The van der Waals surface area contributed by atoms with Gasteiger partial charge in [0, 0.05) is 12.1 Å². The van der Waals surface area contributed by atoms with Crippen LogP contribution in [-0.4, -0.2) is 31.5 Å². The molecule has 0 aliphatic rings. The van der Waals surface area contributed by atoms with E-state index in [2.05, 4.69) is 17.2 Å². The number of para-hydroxylation sites is 1. The van der Waals surface area contributed by atoms with Crippen molar-refractivity contribution in [2.75, 3.05) is 19.7 Å². The van der Waals surface area contributed by atoms with Crippen LogP contribution in [0.3, 0.4) is 0 Å². The highest BCUT2D eigenvalue weighted by molar-refractivity contribution is 5.85. The Balaban J connectivity index is 2.46. The van der Waals surface area contributed by atoms with Crippen molar-refractivity contribution in [1.82, 2.24) is 10.6 Å². The summed E-state index contributed by atoms with van der Waals surface area (Å²) in [5.41, 5.74) is 5.98. The van der Waals surface area contributed by atoms with E-state index in [1.165, 1.54) is 0 Å². The molecule has 1 aromatic carbocycles. The summed E-state index contributed by atoms with van der Waals surface area (Å²) in [6.07, 6.45) is 1.65. The lowest BCUT2D eigenvalue weighted by Gasteiger charge is -2.11. The second-order valence-corrected chi connectivity index (χ2v) is 3.96. The van der Waals surface area contributed by atoms with Crippen molar-refractivity contribution < 1.29 is 14.3 Å². The first kappa shape index (κ1) is 15.7. The molecule has 2 amide bonds. The number of nitrogens with one attached hydrogen (secondary N) is 2. The van der Waals surface area contributed by atoms with E-state index in [0.717, 1.165) is 5.56 Å². The van der Waals surface area contributed by atoms with E-state index in [9.17, 15) is 9.59 Å². The molecule has 0 saturated heterocycles. The first-order valence-electron chi connectivity index (χ1n) is 6.22. The lowest BCUT2D eigenvalue weighted by atomic mass is 10.2. The maximum atomic E-state index is 11.5. The number of amides is 2. The third-order valence-corrected chi connectivity index (χ3v) is 2.44. The number of ether oxygens (including phenoxy) is 1. The van der Waals surface area contributed by atoms with E-state index < -0.39 is 0 Å². The minimum absolute atomic E-state index is 0.0916. The van der Waals surface area contributed by atoms with Gasteiger partial charge in [0.05, 0.1) is 13.1 Å². The highest BCUT2D eigenvalue weighted by Gasteiger charge is 2.06. The number of hydrogen-bond donors (Lipinski definition) is 3. The Morgan fingerprint density at radius 2 is 2.00 bits per heavy atom. The maximum absolute atomic E-state index is 11.5. The molecule has 0 fully saturated rings. The van der Waals surface area contributed by atoms with Gasteiger partial charge in [-0.2, -0.15) is 0 Å². The topological polar surface area (TPSA) is 93.5 Å². The van der Waals surface area contributed by atoms with Gasteiger partial charge in [-0.25, -0.2) is 0 Å². The van der Waals surface area contributed by atoms with Gasteiger partial charge >= 0.3 is 0 Å². The molecule has 20 heavy (non-hydrogen) atoms. The quantitative estimate of drug-likeness (QED) is 0.580. The fraction of sp³-hybridized carbons (Fsp3) is 0.286. The summed E-state index contributed by atoms with van der Waals surface area (Å²) < 4.78 is 5.48. The first-order valence-corrected chi connectivity index (χ1v) is 6.22. The van der Waals surface area contributed by atoms with E-state index in [1.54, 1.807) is 6.08 Å². The Morgan fingerprint density at radius 3 is 2.70 bits per heavy atom. The highest BCUT2D eigenvalue weighted by atomic mass is 16.5. The molecule has 6 heteroatoms. The molecule has 0 bridgehead atoms. The zero-order valence-corrected chi connectivity index (χ0v) is 11.2. The van der Waals surface area contributed by atoms with Crippen LogP contribution in [0.2, 0.25) is 0 Å².